The summed E-state index contributed by atoms with van der Waals surface area (Å²) in [7, 11) is 0. The van der Waals surface area contributed by atoms with Crippen LogP contribution in [0.5, 0.6) is 0 Å². The van der Waals surface area contributed by atoms with Crippen molar-refractivity contribution in [2.24, 2.45) is 0 Å². The number of ether oxygens (including phenoxy) is 1. The Hall–Kier alpha value is -0.280. The van der Waals surface area contributed by atoms with E-state index in [1.165, 1.54) is 6.42 Å². The number of hydrogen-bond acceptors (Lipinski definition) is 2. The summed E-state index contributed by atoms with van der Waals surface area (Å²) in [6.07, 6.45) is 2.64. The van der Waals surface area contributed by atoms with Gasteiger partial charge < -0.3 is 10.1 Å². The smallest absolute Gasteiger partial charge is 0.0721 e. The number of rotatable bonds is 3. The first-order valence-electron chi connectivity index (χ1n) is 5.52. The second-order valence-corrected chi connectivity index (χ2v) is 4.84. The summed E-state index contributed by atoms with van der Waals surface area (Å²) in [5, 5.41) is 4.49. The molecule has 4 heteroatoms. The highest BCUT2D eigenvalue weighted by molar-refractivity contribution is 6.41. The molecule has 1 aromatic rings. The van der Waals surface area contributed by atoms with Crippen LogP contribution in [-0.4, -0.2) is 19.2 Å². The molecule has 0 saturated carbocycles. The van der Waals surface area contributed by atoms with E-state index in [0.29, 0.717) is 22.8 Å². The predicted molar refractivity (Wildman–Crippen MR) is 67.1 cm³/mol. The molecule has 0 aromatic heterocycles. The van der Waals surface area contributed by atoms with Crippen molar-refractivity contribution >= 4 is 23.2 Å². The van der Waals surface area contributed by atoms with Gasteiger partial charge >= 0.3 is 0 Å². The SMILES string of the molecule is Clc1ccc(CO[C@@H]2CCCNC2)cc1Cl. The highest BCUT2D eigenvalue weighted by Crippen LogP contribution is 2.23. The maximum absolute atomic E-state index is 5.94. The van der Waals surface area contributed by atoms with E-state index in [0.717, 1.165) is 25.1 Å². The van der Waals surface area contributed by atoms with Gasteiger partial charge in [0.2, 0.25) is 0 Å². The Bertz CT molecular complexity index is 351. The first-order valence-corrected chi connectivity index (χ1v) is 6.27. The number of halogens is 2. The van der Waals surface area contributed by atoms with Crippen LogP contribution in [0.25, 0.3) is 0 Å². The van der Waals surface area contributed by atoms with Gasteiger partial charge in [-0.05, 0) is 37.1 Å². The quantitative estimate of drug-likeness (QED) is 0.900. The average molecular weight is 260 g/mol. The average Bonchev–Trinajstić information content (AvgIpc) is 2.32. The molecular formula is C12H15Cl2NO. The molecule has 2 rings (SSSR count). The van der Waals surface area contributed by atoms with Crippen molar-refractivity contribution in [1.29, 1.82) is 0 Å². The van der Waals surface area contributed by atoms with Crippen LogP contribution in [0.2, 0.25) is 10.0 Å². The number of piperidine rings is 1. The van der Waals surface area contributed by atoms with Gasteiger partial charge in [-0.2, -0.15) is 0 Å². The monoisotopic (exact) mass is 259 g/mol. The standard InChI is InChI=1S/C12H15Cl2NO/c13-11-4-3-9(6-12(11)14)8-16-10-2-1-5-15-7-10/h3-4,6,10,15H,1-2,5,7-8H2/t10-/m1/s1. The van der Waals surface area contributed by atoms with Crippen LogP contribution in [0.3, 0.4) is 0 Å². The molecule has 1 fully saturated rings. The summed E-state index contributed by atoms with van der Waals surface area (Å²) in [5.74, 6) is 0. The van der Waals surface area contributed by atoms with Gasteiger partial charge in [0.1, 0.15) is 0 Å². The molecule has 0 unspecified atom stereocenters. The van der Waals surface area contributed by atoms with Gasteiger partial charge in [0.15, 0.2) is 0 Å². The summed E-state index contributed by atoms with van der Waals surface area (Å²) in [4.78, 5) is 0. The van der Waals surface area contributed by atoms with E-state index < -0.39 is 0 Å². The van der Waals surface area contributed by atoms with E-state index in [1.54, 1.807) is 0 Å². The van der Waals surface area contributed by atoms with Crippen molar-refractivity contribution < 1.29 is 4.74 Å². The van der Waals surface area contributed by atoms with E-state index in [1.807, 2.05) is 18.2 Å². The molecular weight excluding hydrogens is 245 g/mol. The zero-order chi connectivity index (χ0) is 11.4. The second kappa shape index (κ2) is 5.87. The lowest BCUT2D eigenvalue weighted by Gasteiger charge is -2.23. The van der Waals surface area contributed by atoms with Crippen LogP contribution in [-0.2, 0) is 11.3 Å². The van der Waals surface area contributed by atoms with Gasteiger partial charge in [0.25, 0.3) is 0 Å². The predicted octanol–water partition coefficient (Wildman–Crippen LogP) is 3.26. The highest BCUT2D eigenvalue weighted by atomic mass is 35.5. The molecule has 88 valence electrons. The Labute approximate surface area is 106 Å². The van der Waals surface area contributed by atoms with Gasteiger partial charge in [0.05, 0.1) is 22.8 Å². The first kappa shape index (κ1) is 12.2. The van der Waals surface area contributed by atoms with Gasteiger partial charge in [0, 0.05) is 6.54 Å². The van der Waals surface area contributed by atoms with Crippen molar-refractivity contribution in [3.8, 4) is 0 Å². The van der Waals surface area contributed by atoms with Crippen molar-refractivity contribution in [2.75, 3.05) is 13.1 Å². The Morgan fingerprint density at radius 2 is 2.19 bits per heavy atom. The molecule has 1 saturated heterocycles. The van der Waals surface area contributed by atoms with Crippen LogP contribution < -0.4 is 5.32 Å². The molecule has 1 heterocycles. The molecule has 0 aliphatic carbocycles. The molecule has 1 aromatic carbocycles. The number of benzene rings is 1. The van der Waals surface area contributed by atoms with Crippen molar-refractivity contribution in [3.05, 3.63) is 33.8 Å². The minimum atomic E-state index is 0.322. The normalized spacial score (nSPS) is 21.0. The van der Waals surface area contributed by atoms with E-state index in [4.69, 9.17) is 27.9 Å². The fraction of sp³-hybridized carbons (Fsp3) is 0.500. The summed E-state index contributed by atoms with van der Waals surface area (Å²) >= 11 is 11.8. The van der Waals surface area contributed by atoms with Gasteiger partial charge in [-0.25, -0.2) is 0 Å². The van der Waals surface area contributed by atoms with Gasteiger partial charge in [-0.3, -0.25) is 0 Å². The molecule has 0 amide bonds. The van der Waals surface area contributed by atoms with E-state index in [2.05, 4.69) is 5.32 Å². The van der Waals surface area contributed by atoms with Gasteiger partial charge in [-0.15, -0.1) is 0 Å². The topological polar surface area (TPSA) is 21.3 Å². The van der Waals surface area contributed by atoms with Crippen LogP contribution >= 0.6 is 23.2 Å². The maximum atomic E-state index is 5.94. The Kier molecular flexibility index (Phi) is 4.47. The van der Waals surface area contributed by atoms with Crippen LogP contribution in [0.4, 0.5) is 0 Å². The van der Waals surface area contributed by atoms with Crippen LogP contribution in [0, 0.1) is 0 Å². The van der Waals surface area contributed by atoms with Crippen molar-refractivity contribution in [2.45, 2.75) is 25.6 Å². The summed E-state index contributed by atoms with van der Waals surface area (Å²) in [5.41, 5.74) is 1.07. The fourth-order valence-corrected chi connectivity index (χ4v) is 2.13. The molecule has 0 bridgehead atoms. The maximum Gasteiger partial charge on any atom is 0.0721 e. The third-order valence-corrected chi connectivity index (χ3v) is 3.46. The number of hydrogen-bond donors (Lipinski definition) is 1. The van der Waals surface area contributed by atoms with Crippen LogP contribution in [0.15, 0.2) is 18.2 Å². The molecule has 0 spiro atoms. The third kappa shape index (κ3) is 3.36. The van der Waals surface area contributed by atoms with E-state index >= 15 is 0 Å². The van der Waals surface area contributed by atoms with E-state index in [-0.39, 0.29) is 0 Å². The first-order chi connectivity index (χ1) is 7.75. The second-order valence-electron chi connectivity index (χ2n) is 4.03. The molecule has 1 atom stereocenters. The minimum Gasteiger partial charge on any atom is -0.372 e. The van der Waals surface area contributed by atoms with Gasteiger partial charge in [-0.1, -0.05) is 29.3 Å². The third-order valence-electron chi connectivity index (χ3n) is 2.72. The Balaban J connectivity index is 1.86. The zero-order valence-electron chi connectivity index (χ0n) is 9.01. The summed E-state index contributed by atoms with van der Waals surface area (Å²) in [6.45, 7) is 2.65. The Morgan fingerprint density at radius 3 is 2.88 bits per heavy atom. The molecule has 2 nitrogen and oxygen atoms in total. The molecule has 1 N–H and O–H groups in total. The van der Waals surface area contributed by atoms with Crippen molar-refractivity contribution in [1.82, 2.24) is 5.32 Å². The molecule has 1 aliphatic heterocycles. The number of nitrogens with one attached hydrogen (secondary N) is 1. The minimum absolute atomic E-state index is 0.322. The fourth-order valence-electron chi connectivity index (χ4n) is 1.81. The highest BCUT2D eigenvalue weighted by Gasteiger charge is 2.13. The molecule has 0 radical (unpaired) electrons. The van der Waals surface area contributed by atoms with Crippen LogP contribution in [0.1, 0.15) is 18.4 Å². The zero-order valence-corrected chi connectivity index (χ0v) is 10.5. The molecule has 1 aliphatic rings. The van der Waals surface area contributed by atoms with E-state index in [9.17, 15) is 0 Å². The summed E-state index contributed by atoms with van der Waals surface area (Å²) in [6, 6.07) is 5.62. The summed E-state index contributed by atoms with van der Waals surface area (Å²) < 4.78 is 5.80. The lowest BCUT2D eigenvalue weighted by Crippen LogP contribution is -2.35. The van der Waals surface area contributed by atoms with Crippen molar-refractivity contribution in [3.63, 3.8) is 0 Å². The lowest BCUT2D eigenvalue weighted by atomic mass is 10.1. The molecule has 16 heavy (non-hydrogen) atoms. The lowest BCUT2D eigenvalue weighted by molar-refractivity contribution is 0.0253. The Morgan fingerprint density at radius 1 is 1.31 bits per heavy atom. The largest absolute Gasteiger partial charge is 0.372 e.